The van der Waals surface area contributed by atoms with Gasteiger partial charge < -0.3 is 9.84 Å². The molecule has 1 rings (SSSR count). The van der Waals surface area contributed by atoms with Crippen molar-refractivity contribution in [3.05, 3.63) is 17.5 Å². The third-order valence-electron chi connectivity index (χ3n) is 2.94. The van der Waals surface area contributed by atoms with Crippen LogP contribution in [0.1, 0.15) is 25.2 Å². The summed E-state index contributed by atoms with van der Waals surface area (Å²) >= 11 is 0. The molecular weight excluding hydrogens is 292 g/mol. The van der Waals surface area contributed by atoms with Crippen LogP contribution in [0.25, 0.3) is 0 Å². The number of halogens is 4. The predicted octanol–water partition coefficient (Wildman–Crippen LogP) is 2.29. The molecule has 1 N–H and O–H groups in total. The number of hydrogen-bond donors (Lipinski definition) is 1. The van der Waals surface area contributed by atoms with Crippen LogP contribution in [0.4, 0.5) is 17.6 Å². The molecule has 0 spiro atoms. The number of rotatable bonds is 9. The minimum absolute atomic E-state index is 0.168. The molecule has 0 saturated carbocycles. The van der Waals surface area contributed by atoms with Crippen molar-refractivity contribution in [1.82, 2.24) is 9.78 Å². The Labute approximate surface area is 120 Å². The third kappa shape index (κ3) is 5.28. The van der Waals surface area contributed by atoms with Gasteiger partial charge in [-0.1, -0.05) is 6.92 Å². The average Bonchev–Trinajstić information content (AvgIpc) is 2.80. The summed E-state index contributed by atoms with van der Waals surface area (Å²) in [4.78, 5) is 0. The van der Waals surface area contributed by atoms with Crippen LogP contribution < -0.4 is 0 Å². The average molecular weight is 312 g/mol. The molecule has 0 fully saturated rings. The molecule has 4 nitrogen and oxygen atoms in total. The third-order valence-corrected chi connectivity index (χ3v) is 2.94. The molecule has 0 aliphatic carbocycles. The first kappa shape index (κ1) is 17.9. The van der Waals surface area contributed by atoms with Crippen molar-refractivity contribution >= 4 is 0 Å². The summed E-state index contributed by atoms with van der Waals surface area (Å²) < 4.78 is 55.3. The van der Waals surface area contributed by atoms with Gasteiger partial charge in [0.25, 0.3) is 0 Å². The van der Waals surface area contributed by atoms with E-state index in [9.17, 15) is 22.7 Å². The molecule has 1 aromatic rings. The summed E-state index contributed by atoms with van der Waals surface area (Å²) in [7, 11) is 0. The van der Waals surface area contributed by atoms with E-state index in [0.717, 1.165) is 17.8 Å². The fraction of sp³-hybridized carbons (Fsp3) is 0.769. The minimum Gasteiger partial charge on any atom is -0.390 e. The molecule has 21 heavy (non-hydrogen) atoms. The van der Waals surface area contributed by atoms with Gasteiger partial charge >= 0.3 is 12.3 Å². The van der Waals surface area contributed by atoms with Crippen molar-refractivity contribution in [2.45, 2.75) is 51.7 Å². The maximum atomic E-state index is 12.6. The predicted molar refractivity (Wildman–Crippen MR) is 68.8 cm³/mol. The molecule has 0 aliphatic rings. The molecule has 0 amide bonds. The Bertz CT molecular complexity index is 438. The highest BCUT2D eigenvalue weighted by Crippen LogP contribution is 2.23. The van der Waals surface area contributed by atoms with E-state index in [-0.39, 0.29) is 6.42 Å². The van der Waals surface area contributed by atoms with E-state index < -0.39 is 31.7 Å². The monoisotopic (exact) mass is 312 g/mol. The Hall–Kier alpha value is -1.15. The van der Waals surface area contributed by atoms with Gasteiger partial charge in [0, 0.05) is 18.7 Å². The van der Waals surface area contributed by atoms with Crippen LogP contribution in [-0.2, 0) is 24.1 Å². The maximum absolute atomic E-state index is 12.6. The lowest BCUT2D eigenvalue weighted by atomic mass is 10.2. The standard InChI is InChI=1S/C13H20F4N2O2/c1-3-9-5-10(19(4-2)18-9)6-11(20)7-21-8-13(16,17)12(14)15/h5,11-12,20H,3-4,6-8H2,1-2H3. The molecule has 0 saturated heterocycles. The number of aliphatic hydroxyl groups is 1. The molecule has 0 bridgehead atoms. The van der Waals surface area contributed by atoms with E-state index in [0.29, 0.717) is 6.54 Å². The van der Waals surface area contributed by atoms with Gasteiger partial charge in [0.2, 0.25) is 0 Å². The zero-order valence-electron chi connectivity index (χ0n) is 12.0. The molecule has 1 aromatic heterocycles. The topological polar surface area (TPSA) is 47.3 Å². The zero-order valence-corrected chi connectivity index (χ0v) is 12.0. The van der Waals surface area contributed by atoms with Crippen molar-refractivity contribution in [1.29, 1.82) is 0 Å². The van der Waals surface area contributed by atoms with Crippen LogP contribution >= 0.6 is 0 Å². The summed E-state index contributed by atoms with van der Waals surface area (Å²) in [6, 6.07) is 1.82. The lowest BCUT2D eigenvalue weighted by molar-refractivity contribution is -0.170. The number of aromatic nitrogens is 2. The van der Waals surface area contributed by atoms with Crippen LogP contribution in [0, 0.1) is 0 Å². The van der Waals surface area contributed by atoms with E-state index in [2.05, 4.69) is 9.84 Å². The van der Waals surface area contributed by atoms with E-state index in [4.69, 9.17) is 0 Å². The van der Waals surface area contributed by atoms with Crippen LogP contribution in [0.2, 0.25) is 0 Å². The van der Waals surface area contributed by atoms with Crippen molar-refractivity contribution < 1.29 is 27.4 Å². The van der Waals surface area contributed by atoms with Gasteiger partial charge in [-0.25, -0.2) is 8.78 Å². The van der Waals surface area contributed by atoms with Gasteiger partial charge in [-0.2, -0.15) is 13.9 Å². The first-order valence-electron chi connectivity index (χ1n) is 6.77. The van der Waals surface area contributed by atoms with Gasteiger partial charge in [0.1, 0.15) is 6.61 Å². The number of aryl methyl sites for hydroxylation is 2. The van der Waals surface area contributed by atoms with Crippen molar-refractivity contribution in [3.8, 4) is 0 Å². The summed E-state index contributed by atoms with van der Waals surface area (Å²) in [5, 5.41) is 14.0. The molecule has 0 aliphatic heterocycles. The van der Waals surface area contributed by atoms with Gasteiger partial charge in [-0.05, 0) is 19.4 Å². The fourth-order valence-corrected chi connectivity index (χ4v) is 1.82. The summed E-state index contributed by atoms with van der Waals surface area (Å²) in [5.41, 5.74) is 1.62. The highest BCUT2D eigenvalue weighted by molar-refractivity contribution is 5.11. The number of nitrogens with zero attached hydrogens (tertiary/aromatic N) is 2. The Morgan fingerprint density at radius 3 is 2.57 bits per heavy atom. The fourth-order valence-electron chi connectivity index (χ4n) is 1.82. The highest BCUT2D eigenvalue weighted by Gasteiger charge is 2.41. The van der Waals surface area contributed by atoms with Crippen LogP contribution in [0.5, 0.6) is 0 Å². The second kappa shape index (κ2) is 7.74. The van der Waals surface area contributed by atoms with E-state index >= 15 is 0 Å². The summed E-state index contributed by atoms with van der Waals surface area (Å²) in [6.45, 7) is 2.61. The van der Waals surface area contributed by atoms with Crippen molar-refractivity contribution in [2.75, 3.05) is 13.2 Å². The molecule has 8 heteroatoms. The Morgan fingerprint density at radius 2 is 2.05 bits per heavy atom. The van der Waals surface area contributed by atoms with E-state index in [1.54, 1.807) is 4.68 Å². The lowest BCUT2D eigenvalue weighted by Crippen LogP contribution is -2.34. The SMILES string of the molecule is CCc1cc(CC(O)COCC(F)(F)C(F)F)n(CC)n1. The Morgan fingerprint density at radius 1 is 1.38 bits per heavy atom. The Balaban J connectivity index is 2.47. The van der Waals surface area contributed by atoms with Gasteiger partial charge in [0.05, 0.1) is 18.4 Å². The highest BCUT2D eigenvalue weighted by atomic mass is 19.3. The number of hydrogen-bond acceptors (Lipinski definition) is 3. The molecule has 1 unspecified atom stereocenters. The van der Waals surface area contributed by atoms with Crippen LogP contribution in [0.15, 0.2) is 6.07 Å². The Kier molecular flexibility index (Phi) is 6.60. The normalized spacial score (nSPS) is 13.9. The number of alkyl halides is 4. The zero-order chi connectivity index (χ0) is 16.0. The molecular formula is C13H20F4N2O2. The van der Waals surface area contributed by atoms with Crippen LogP contribution in [-0.4, -0.2) is 46.6 Å². The number of aliphatic hydroxyl groups excluding tert-OH is 1. The van der Waals surface area contributed by atoms with Crippen molar-refractivity contribution in [3.63, 3.8) is 0 Å². The van der Waals surface area contributed by atoms with Crippen LogP contribution in [0.3, 0.4) is 0 Å². The first-order chi connectivity index (χ1) is 9.80. The van der Waals surface area contributed by atoms with Gasteiger partial charge in [0.15, 0.2) is 0 Å². The van der Waals surface area contributed by atoms with Gasteiger partial charge in [-0.15, -0.1) is 0 Å². The van der Waals surface area contributed by atoms with Gasteiger partial charge in [-0.3, -0.25) is 4.68 Å². The minimum atomic E-state index is -4.19. The first-order valence-corrected chi connectivity index (χ1v) is 6.77. The second-order valence-corrected chi connectivity index (χ2v) is 4.73. The maximum Gasteiger partial charge on any atom is 0.330 e. The molecule has 122 valence electrons. The molecule has 1 heterocycles. The molecule has 1 atom stereocenters. The lowest BCUT2D eigenvalue weighted by Gasteiger charge is -2.17. The quantitative estimate of drug-likeness (QED) is 0.712. The number of ether oxygens (including phenoxy) is 1. The molecule has 0 radical (unpaired) electrons. The summed E-state index contributed by atoms with van der Waals surface area (Å²) in [5.74, 6) is -4.19. The van der Waals surface area contributed by atoms with Crippen molar-refractivity contribution in [2.24, 2.45) is 0 Å². The second-order valence-electron chi connectivity index (χ2n) is 4.73. The molecule has 0 aromatic carbocycles. The van der Waals surface area contributed by atoms with E-state index in [1.807, 2.05) is 19.9 Å². The van der Waals surface area contributed by atoms with E-state index in [1.165, 1.54) is 0 Å². The largest absolute Gasteiger partial charge is 0.390 e. The smallest absolute Gasteiger partial charge is 0.330 e. The summed E-state index contributed by atoms with van der Waals surface area (Å²) in [6.07, 6.45) is -3.91.